The maximum Gasteiger partial charge on any atom is 0.488 e. The lowest BCUT2D eigenvalue weighted by Gasteiger charge is -2.20. The molecule has 0 unspecified atom stereocenters. The maximum absolute atomic E-state index is 11.7. The number of hydrogen-bond acceptors (Lipinski definition) is 12. The van der Waals surface area contributed by atoms with Crippen molar-refractivity contribution < 1.29 is 29.1 Å². The van der Waals surface area contributed by atoms with Crippen LogP contribution in [-0.4, -0.2) is 57.9 Å². The number of aromatic nitrogens is 6. The minimum absolute atomic E-state index is 0.291. The van der Waals surface area contributed by atoms with E-state index >= 15 is 0 Å². The van der Waals surface area contributed by atoms with Crippen LogP contribution < -0.4 is 26.4 Å². The Morgan fingerprint density at radius 2 is 1.00 bits per heavy atom. The zero-order valence-electron chi connectivity index (χ0n) is 34.8. The molecular weight excluding hydrogens is 875 g/mol. The van der Waals surface area contributed by atoms with Gasteiger partial charge in [0.15, 0.2) is 11.6 Å². The minimum Gasteiger partial charge on any atom is -0.457 e. The number of nitrogens with two attached hydrogens (primary N) is 2. The summed E-state index contributed by atoms with van der Waals surface area (Å²) in [5.74, 6) is 5.26. The van der Waals surface area contributed by atoms with E-state index in [4.69, 9.17) is 31.0 Å². The van der Waals surface area contributed by atoms with E-state index in [9.17, 15) is 9.59 Å². The molecule has 16 heteroatoms. The lowest BCUT2D eigenvalue weighted by Crippen LogP contribution is -2.29. The number of halogens is 1. The normalized spacial score (nSPS) is 14.4. The number of anilines is 2. The Hall–Kier alpha value is -6.88. The molecule has 0 amide bonds. The number of ether oxygens (including phenoxy) is 2. The number of ketones is 2. The molecule has 0 atom stereocenters. The average Bonchev–Trinajstić information content (AvgIpc) is 3.88. The molecule has 6 N–H and O–H groups in total. The zero-order chi connectivity index (χ0) is 44.6. The molecule has 14 nitrogen and oxygen atoms in total. The summed E-state index contributed by atoms with van der Waals surface area (Å²) < 4.78 is 16.1. The predicted octanol–water partition coefficient (Wildman–Crippen LogP) is 8.46. The number of rotatable bonds is 8. The molecule has 0 saturated heterocycles. The number of para-hydroxylation sites is 2. The van der Waals surface area contributed by atoms with Crippen molar-refractivity contribution in [1.29, 1.82) is 0 Å². The fourth-order valence-electron chi connectivity index (χ4n) is 8.07. The first-order valence-electron chi connectivity index (χ1n) is 21.1. The smallest absolute Gasteiger partial charge is 0.457 e. The molecule has 0 radical (unpaired) electrons. The molecule has 64 heavy (non-hydrogen) atoms. The molecule has 324 valence electrons. The maximum atomic E-state index is 11.7. The second-order valence-corrected chi connectivity index (χ2v) is 16.5. The highest BCUT2D eigenvalue weighted by atomic mass is 79.9. The van der Waals surface area contributed by atoms with E-state index in [1.54, 1.807) is 24.3 Å². The first-order chi connectivity index (χ1) is 31.1. The number of hydrogen-bond donors (Lipinski definition) is 4. The number of fused-ring (bicyclic) bond motifs is 2. The van der Waals surface area contributed by atoms with Crippen molar-refractivity contribution in [3.63, 3.8) is 0 Å². The van der Waals surface area contributed by atoms with E-state index in [-0.39, 0.29) is 0 Å². The van der Waals surface area contributed by atoms with Crippen LogP contribution in [0.1, 0.15) is 74.6 Å². The van der Waals surface area contributed by atoms with E-state index in [1.165, 1.54) is 12.7 Å². The lowest BCUT2D eigenvalue weighted by molar-refractivity contribution is -0.121. The van der Waals surface area contributed by atoms with Crippen LogP contribution in [-0.2, 0) is 9.59 Å². The van der Waals surface area contributed by atoms with Crippen molar-refractivity contribution >= 4 is 62.7 Å². The van der Waals surface area contributed by atoms with Crippen molar-refractivity contribution in [2.75, 3.05) is 11.5 Å². The van der Waals surface area contributed by atoms with Crippen molar-refractivity contribution in [2.45, 2.75) is 63.2 Å². The Balaban J connectivity index is 0.000000141. The van der Waals surface area contributed by atoms with Crippen LogP contribution in [0.25, 0.3) is 22.2 Å². The zero-order valence-corrected chi connectivity index (χ0v) is 36.4. The van der Waals surface area contributed by atoms with Gasteiger partial charge in [0.2, 0.25) is 0 Å². The van der Waals surface area contributed by atoms with Crippen LogP contribution in [0, 0.1) is 0 Å². The lowest BCUT2D eigenvalue weighted by atomic mass is 9.80. The Labute approximate surface area is 378 Å². The molecule has 2 aliphatic rings. The molecule has 2 aliphatic carbocycles. The number of nitrogens with zero attached hydrogens (tertiary/aromatic N) is 6. The number of carbonyl (C=O) groups is 2. The van der Waals surface area contributed by atoms with Crippen LogP contribution in [0.2, 0.25) is 0 Å². The van der Waals surface area contributed by atoms with Crippen LogP contribution in [0.3, 0.4) is 0 Å². The van der Waals surface area contributed by atoms with Gasteiger partial charge in [-0.05, 0) is 113 Å². The molecule has 2 saturated carbocycles. The van der Waals surface area contributed by atoms with Gasteiger partial charge >= 0.3 is 7.12 Å². The average molecular weight is 922 g/mol. The Morgan fingerprint density at radius 3 is 1.48 bits per heavy atom. The van der Waals surface area contributed by atoms with Gasteiger partial charge in [-0.3, -0.25) is 9.59 Å². The highest BCUT2D eigenvalue weighted by Gasteiger charge is 2.27. The third kappa shape index (κ3) is 10.3. The van der Waals surface area contributed by atoms with Gasteiger partial charge in [0, 0.05) is 58.9 Å². The standard InChI is InChI=1S/C24H22N4O2.C12H11BO3.C12H13BrN4O/c25-24-23-21(16-8-12-20(13-9-16)30-19-4-2-1-3-5-19)14-22(28(23)27-15-26-24)17-6-10-18(29)11-7-17;14-13(15)10-6-8-12(9-7-10)16-11-4-2-1-3-5-11;13-9-5-10(7-1-3-8(18)4-2-7)17-11(9)12(14)15-6-16-17/h1-5,8-9,12-15,17H,6-7,10-11H2,(H2,25,26,27);1-9,14-15H;5-7H,1-4H2,(H2,14,15,16). The van der Waals surface area contributed by atoms with Crippen LogP contribution in [0.4, 0.5) is 11.6 Å². The third-order valence-electron chi connectivity index (χ3n) is 11.4. The topological polar surface area (TPSA) is 205 Å². The van der Waals surface area contributed by atoms with Gasteiger partial charge in [-0.2, -0.15) is 10.2 Å². The van der Waals surface area contributed by atoms with Gasteiger partial charge in [0.05, 0.1) is 0 Å². The number of benzene rings is 4. The van der Waals surface area contributed by atoms with Crippen molar-refractivity contribution in [2.24, 2.45) is 0 Å². The number of carbonyl (C=O) groups excluding carboxylic acids is 2. The summed E-state index contributed by atoms with van der Waals surface area (Å²) in [5, 5.41) is 26.6. The van der Waals surface area contributed by atoms with Crippen LogP contribution in [0.15, 0.2) is 138 Å². The van der Waals surface area contributed by atoms with Crippen molar-refractivity contribution in [3.05, 3.63) is 150 Å². The number of nitrogen functional groups attached to an aromatic ring is 2. The summed E-state index contributed by atoms with van der Waals surface area (Å²) in [7, 11) is -1.44. The Bertz CT molecular complexity index is 2840. The highest BCUT2D eigenvalue weighted by molar-refractivity contribution is 9.10. The third-order valence-corrected chi connectivity index (χ3v) is 12.0. The van der Waals surface area contributed by atoms with E-state index in [1.807, 2.05) is 100 Å². The molecular formula is C48H46BBrN8O6. The SMILES string of the molecule is Nc1ncnn2c(C3CCC(=O)CC3)cc(-c3ccc(Oc4ccccc4)cc3)c12.Nc1ncnn2c(C3CCC(=O)CC3)cc(Br)c12.OB(O)c1ccc(Oc2ccccc2)cc1. The molecule has 0 bridgehead atoms. The summed E-state index contributed by atoms with van der Waals surface area (Å²) in [6.45, 7) is 0. The van der Waals surface area contributed by atoms with Gasteiger partial charge < -0.3 is 31.0 Å². The fraction of sp³-hybridized carbons (Fsp3) is 0.208. The first kappa shape index (κ1) is 43.8. The molecule has 0 aliphatic heterocycles. The van der Waals surface area contributed by atoms with Crippen molar-refractivity contribution in [3.8, 4) is 34.1 Å². The van der Waals surface area contributed by atoms with Crippen LogP contribution in [0.5, 0.6) is 23.0 Å². The quantitative estimate of drug-likeness (QED) is 0.106. The largest absolute Gasteiger partial charge is 0.488 e. The number of Topliss-reactive ketones (excluding diaryl/α,β-unsaturated/α-hetero) is 2. The van der Waals surface area contributed by atoms with E-state index in [0.717, 1.165) is 81.0 Å². The summed E-state index contributed by atoms with van der Waals surface area (Å²) in [6, 6.07) is 37.9. The molecule has 0 spiro atoms. The Kier molecular flexibility index (Phi) is 13.7. The molecule has 10 rings (SSSR count). The highest BCUT2D eigenvalue weighted by Crippen LogP contribution is 2.39. The second kappa shape index (κ2) is 20.1. The molecule has 4 heterocycles. The molecule has 2 fully saturated rings. The van der Waals surface area contributed by atoms with Crippen LogP contribution >= 0.6 is 15.9 Å². The fourth-order valence-corrected chi connectivity index (χ4v) is 8.68. The van der Waals surface area contributed by atoms with Gasteiger partial charge in [-0.1, -0.05) is 60.7 Å². The van der Waals surface area contributed by atoms with Crippen molar-refractivity contribution in [1.82, 2.24) is 29.2 Å². The minimum atomic E-state index is -1.44. The first-order valence-corrected chi connectivity index (χ1v) is 21.9. The summed E-state index contributed by atoms with van der Waals surface area (Å²) >= 11 is 3.50. The van der Waals surface area contributed by atoms with Gasteiger partial charge in [0.25, 0.3) is 0 Å². The van der Waals surface area contributed by atoms with E-state index in [0.29, 0.717) is 71.9 Å². The van der Waals surface area contributed by atoms with Gasteiger partial charge in [-0.15, -0.1) is 0 Å². The predicted molar refractivity (Wildman–Crippen MR) is 250 cm³/mol. The molecule has 4 aromatic carbocycles. The summed E-state index contributed by atoms with van der Waals surface area (Å²) in [5.41, 5.74) is 18.4. The Morgan fingerprint density at radius 1 is 0.578 bits per heavy atom. The van der Waals surface area contributed by atoms with Gasteiger partial charge in [0.1, 0.15) is 58.3 Å². The summed E-state index contributed by atoms with van der Waals surface area (Å²) in [6.07, 6.45) is 9.00. The van der Waals surface area contributed by atoms with E-state index in [2.05, 4.69) is 42.2 Å². The van der Waals surface area contributed by atoms with E-state index < -0.39 is 7.12 Å². The van der Waals surface area contributed by atoms with Gasteiger partial charge in [-0.25, -0.2) is 19.0 Å². The second-order valence-electron chi connectivity index (χ2n) is 15.6. The summed E-state index contributed by atoms with van der Waals surface area (Å²) in [4.78, 5) is 31.2. The molecule has 4 aromatic heterocycles. The molecule has 8 aromatic rings. The monoisotopic (exact) mass is 920 g/mol.